The first-order valence-electron chi connectivity index (χ1n) is 5.99. The second kappa shape index (κ2) is 6.38. The molecule has 104 valence electrons. The van der Waals surface area contributed by atoms with Crippen molar-refractivity contribution >= 4 is 17.7 Å². The van der Waals surface area contributed by atoms with Gasteiger partial charge in [0.2, 0.25) is 5.91 Å². The summed E-state index contributed by atoms with van der Waals surface area (Å²) >= 11 is 1.31. The molecular formula is C14H15N3O2S. The average Bonchev–Trinajstić information content (AvgIpc) is 2.44. The van der Waals surface area contributed by atoms with E-state index in [0.717, 1.165) is 22.0 Å². The number of nitrogens with zero attached hydrogens (tertiary/aromatic N) is 2. The van der Waals surface area contributed by atoms with Gasteiger partial charge in [-0.2, -0.15) is 0 Å². The van der Waals surface area contributed by atoms with Crippen LogP contribution in [0.5, 0.6) is 5.75 Å². The van der Waals surface area contributed by atoms with Crippen molar-refractivity contribution in [1.29, 1.82) is 0 Å². The molecule has 1 heterocycles. The number of hydrogen-bond donors (Lipinski definition) is 1. The van der Waals surface area contributed by atoms with E-state index < -0.39 is 0 Å². The maximum absolute atomic E-state index is 10.8. The molecule has 0 aliphatic carbocycles. The van der Waals surface area contributed by atoms with E-state index in [2.05, 4.69) is 9.97 Å². The van der Waals surface area contributed by atoms with Gasteiger partial charge >= 0.3 is 0 Å². The molecule has 0 saturated carbocycles. The quantitative estimate of drug-likeness (QED) is 0.673. The van der Waals surface area contributed by atoms with Crippen LogP contribution in [0.15, 0.2) is 35.4 Å². The fourth-order valence-corrected chi connectivity index (χ4v) is 2.32. The van der Waals surface area contributed by atoms with E-state index in [1.54, 1.807) is 7.11 Å². The third-order valence-corrected chi connectivity index (χ3v) is 3.48. The van der Waals surface area contributed by atoms with E-state index >= 15 is 0 Å². The summed E-state index contributed by atoms with van der Waals surface area (Å²) in [4.78, 5) is 19.7. The molecule has 0 radical (unpaired) electrons. The van der Waals surface area contributed by atoms with Crippen molar-refractivity contribution in [2.24, 2.45) is 5.73 Å². The predicted octanol–water partition coefficient (Wildman–Crippen LogP) is 2.04. The number of hydrogen-bond acceptors (Lipinski definition) is 5. The highest BCUT2D eigenvalue weighted by Crippen LogP contribution is 2.23. The first-order chi connectivity index (χ1) is 9.58. The lowest BCUT2D eigenvalue weighted by Crippen LogP contribution is -2.13. The van der Waals surface area contributed by atoms with Crippen LogP contribution in [0.3, 0.4) is 0 Å². The van der Waals surface area contributed by atoms with E-state index in [1.165, 1.54) is 11.8 Å². The van der Waals surface area contributed by atoms with Crippen molar-refractivity contribution in [2.75, 3.05) is 12.9 Å². The number of primary amides is 1. The van der Waals surface area contributed by atoms with E-state index in [-0.39, 0.29) is 11.7 Å². The van der Waals surface area contributed by atoms with Crippen LogP contribution in [0.2, 0.25) is 0 Å². The van der Waals surface area contributed by atoms with Crippen molar-refractivity contribution in [3.8, 4) is 17.1 Å². The van der Waals surface area contributed by atoms with Gasteiger partial charge in [-0.3, -0.25) is 4.79 Å². The van der Waals surface area contributed by atoms with Gasteiger partial charge in [-0.25, -0.2) is 9.97 Å². The van der Waals surface area contributed by atoms with Crippen molar-refractivity contribution in [3.63, 3.8) is 0 Å². The monoisotopic (exact) mass is 289 g/mol. The van der Waals surface area contributed by atoms with Gasteiger partial charge in [-0.05, 0) is 37.3 Å². The van der Waals surface area contributed by atoms with Gasteiger partial charge in [0.25, 0.3) is 0 Å². The molecule has 1 aromatic carbocycles. The molecule has 2 aromatic rings. The highest BCUT2D eigenvalue weighted by Gasteiger charge is 2.07. The Morgan fingerprint density at radius 1 is 1.30 bits per heavy atom. The van der Waals surface area contributed by atoms with Gasteiger partial charge in [0, 0.05) is 11.3 Å². The zero-order valence-corrected chi connectivity index (χ0v) is 12.1. The molecule has 0 unspecified atom stereocenters. The zero-order valence-electron chi connectivity index (χ0n) is 11.3. The number of methoxy groups -OCH3 is 1. The van der Waals surface area contributed by atoms with E-state index in [1.807, 2.05) is 37.3 Å². The minimum absolute atomic E-state index is 0.207. The molecule has 2 N–H and O–H groups in total. The van der Waals surface area contributed by atoms with Crippen molar-refractivity contribution in [3.05, 3.63) is 36.0 Å². The molecule has 2 rings (SSSR count). The molecule has 0 aliphatic heterocycles. The third kappa shape index (κ3) is 3.71. The van der Waals surface area contributed by atoms with Crippen molar-refractivity contribution in [2.45, 2.75) is 11.9 Å². The molecular weight excluding hydrogens is 274 g/mol. The number of amides is 1. The van der Waals surface area contributed by atoms with Crippen LogP contribution in [0.4, 0.5) is 0 Å². The molecule has 0 saturated heterocycles. The first-order valence-corrected chi connectivity index (χ1v) is 6.98. The largest absolute Gasteiger partial charge is 0.497 e. The number of nitrogens with two attached hydrogens (primary N) is 1. The molecule has 0 bridgehead atoms. The van der Waals surface area contributed by atoms with Gasteiger partial charge < -0.3 is 10.5 Å². The summed E-state index contributed by atoms with van der Waals surface area (Å²) in [7, 11) is 1.62. The number of aryl methyl sites for hydroxylation is 1. The van der Waals surface area contributed by atoms with E-state index in [9.17, 15) is 4.79 Å². The highest BCUT2D eigenvalue weighted by atomic mass is 32.2. The Hall–Kier alpha value is -2.08. The SMILES string of the molecule is COc1ccc(-c2nc(C)cc(SCC(N)=O)n2)cc1. The normalized spacial score (nSPS) is 10.3. The zero-order chi connectivity index (χ0) is 14.5. The lowest BCUT2D eigenvalue weighted by molar-refractivity contribution is -0.115. The summed E-state index contributed by atoms with van der Waals surface area (Å²) in [6, 6.07) is 9.35. The van der Waals surface area contributed by atoms with Gasteiger partial charge in [0.15, 0.2) is 5.82 Å². The Balaban J connectivity index is 2.28. The number of aromatic nitrogens is 2. The van der Waals surface area contributed by atoms with Crippen LogP contribution in [0.25, 0.3) is 11.4 Å². The minimum Gasteiger partial charge on any atom is -0.497 e. The Morgan fingerprint density at radius 2 is 2.00 bits per heavy atom. The fourth-order valence-electron chi connectivity index (χ4n) is 1.63. The van der Waals surface area contributed by atoms with E-state index in [4.69, 9.17) is 10.5 Å². The Morgan fingerprint density at radius 3 is 2.60 bits per heavy atom. The maximum Gasteiger partial charge on any atom is 0.227 e. The topological polar surface area (TPSA) is 78.1 Å². The molecule has 0 aliphatic rings. The van der Waals surface area contributed by atoms with Crippen LogP contribution in [0.1, 0.15) is 5.69 Å². The summed E-state index contributed by atoms with van der Waals surface area (Å²) in [5.41, 5.74) is 6.89. The summed E-state index contributed by atoms with van der Waals surface area (Å²) in [6.07, 6.45) is 0. The molecule has 0 atom stereocenters. The van der Waals surface area contributed by atoms with Gasteiger partial charge in [0.05, 0.1) is 12.9 Å². The Kier molecular flexibility index (Phi) is 4.57. The number of benzene rings is 1. The van der Waals surface area contributed by atoms with Crippen LogP contribution in [-0.2, 0) is 4.79 Å². The molecule has 1 aromatic heterocycles. The second-order valence-corrected chi connectivity index (χ2v) is 5.15. The first kappa shape index (κ1) is 14.3. The summed E-state index contributed by atoms with van der Waals surface area (Å²) in [5.74, 6) is 1.25. The maximum atomic E-state index is 10.8. The molecule has 0 spiro atoms. The minimum atomic E-state index is -0.364. The summed E-state index contributed by atoms with van der Waals surface area (Å²) < 4.78 is 5.12. The van der Waals surface area contributed by atoms with Gasteiger partial charge in [-0.15, -0.1) is 0 Å². The lowest BCUT2D eigenvalue weighted by atomic mass is 10.2. The van der Waals surface area contributed by atoms with Crippen molar-refractivity contribution < 1.29 is 9.53 Å². The molecule has 5 nitrogen and oxygen atoms in total. The van der Waals surface area contributed by atoms with Crippen LogP contribution >= 0.6 is 11.8 Å². The number of thioether (sulfide) groups is 1. The molecule has 1 amide bonds. The molecule has 0 fully saturated rings. The van der Waals surface area contributed by atoms with Crippen LogP contribution in [0, 0.1) is 6.92 Å². The number of rotatable bonds is 5. The number of carbonyl (C=O) groups is 1. The number of ether oxygens (including phenoxy) is 1. The van der Waals surface area contributed by atoms with Gasteiger partial charge in [-0.1, -0.05) is 11.8 Å². The van der Waals surface area contributed by atoms with Crippen molar-refractivity contribution in [1.82, 2.24) is 9.97 Å². The fraction of sp³-hybridized carbons (Fsp3) is 0.214. The van der Waals surface area contributed by atoms with E-state index in [0.29, 0.717) is 5.82 Å². The van der Waals surface area contributed by atoms with Gasteiger partial charge in [0.1, 0.15) is 10.8 Å². The number of carbonyl (C=O) groups excluding carboxylic acids is 1. The molecule has 6 heteroatoms. The Labute approximate surface area is 121 Å². The second-order valence-electron chi connectivity index (χ2n) is 4.15. The third-order valence-electron chi connectivity index (χ3n) is 2.54. The highest BCUT2D eigenvalue weighted by molar-refractivity contribution is 7.99. The predicted molar refractivity (Wildman–Crippen MR) is 78.7 cm³/mol. The molecule has 20 heavy (non-hydrogen) atoms. The lowest BCUT2D eigenvalue weighted by Gasteiger charge is -2.06. The standard InChI is InChI=1S/C14H15N3O2S/c1-9-7-13(20-8-12(15)18)17-14(16-9)10-3-5-11(19-2)6-4-10/h3-7H,8H2,1-2H3,(H2,15,18). The summed E-state index contributed by atoms with van der Waals surface area (Å²) in [6.45, 7) is 1.89. The average molecular weight is 289 g/mol. The van der Waals surface area contributed by atoms with Crippen LogP contribution < -0.4 is 10.5 Å². The summed E-state index contributed by atoms with van der Waals surface area (Å²) in [5, 5.41) is 0.738. The Bertz CT molecular complexity index is 614. The smallest absolute Gasteiger partial charge is 0.227 e. The van der Waals surface area contributed by atoms with Crippen LogP contribution in [-0.4, -0.2) is 28.7 Å².